The Labute approximate surface area is 203 Å². The molecule has 4 heterocycles. The van der Waals surface area contributed by atoms with Gasteiger partial charge in [0.05, 0.1) is 21.8 Å². The molecule has 4 N–H and O–H groups in total. The fraction of sp³-hybridized carbons (Fsp3) is 0.320. The number of aromatic nitrogens is 2. The number of likely N-dealkylation sites (tertiary alicyclic amines) is 1. The molecule has 2 amide bonds. The van der Waals surface area contributed by atoms with Gasteiger partial charge in [0.1, 0.15) is 5.82 Å². The second-order valence-corrected chi connectivity index (χ2v) is 9.08. The van der Waals surface area contributed by atoms with E-state index in [1.54, 1.807) is 18.3 Å². The average molecular weight is 479 g/mol. The van der Waals surface area contributed by atoms with Gasteiger partial charge in [-0.1, -0.05) is 17.7 Å². The van der Waals surface area contributed by atoms with Crippen molar-refractivity contribution in [1.29, 1.82) is 0 Å². The Morgan fingerprint density at radius 3 is 2.44 bits per heavy atom. The molecule has 5 rings (SSSR count). The lowest BCUT2D eigenvalue weighted by atomic mass is 10.0. The van der Waals surface area contributed by atoms with E-state index >= 15 is 0 Å². The highest BCUT2D eigenvalue weighted by molar-refractivity contribution is 6.34. The van der Waals surface area contributed by atoms with Crippen molar-refractivity contribution >= 4 is 29.2 Å². The normalized spacial score (nSPS) is 16.1. The maximum Gasteiger partial charge on any atom is 0.255 e. The number of nitrogens with one attached hydrogen (secondary N) is 2. The topological polar surface area (TPSA) is 107 Å². The molecule has 176 valence electrons. The number of amides is 2. The van der Waals surface area contributed by atoms with Crippen molar-refractivity contribution in [3.63, 3.8) is 0 Å². The number of hydrogen-bond donors (Lipinski definition) is 3. The Kier molecular flexibility index (Phi) is 6.26. The van der Waals surface area contributed by atoms with Crippen LogP contribution in [0.1, 0.15) is 33.6 Å². The molecule has 0 bridgehead atoms. The van der Waals surface area contributed by atoms with Crippen molar-refractivity contribution in [2.75, 3.05) is 44.2 Å². The number of piperazine rings is 1. The Balaban J connectivity index is 1.48. The summed E-state index contributed by atoms with van der Waals surface area (Å²) in [6.45, 7) is 4.80. The number of aromatic amines is 1. The Morgan fingerprint density at radius 2 is 1.71 bits per heavy atom. The largest absolute Gasteiger partial charge is 0.365 e. The van der Waals surface area contributed by atoms with Gasteiger partial charge in [-0.2, -0.15) is 0 Å². The van der Waals surface area contributed by atoms with E-state index in [4.69, 9.17) is 17.3 Å². The molecule has 0 radical (unpaired) electrons. The molecule has 3 aromatic rings. The fourth-order valence-corrected chi connectivity index (χ4v) is 4.82. The molecule has 0 atom stereocenters. The SMILES string of the molecule is NC(=O)c1cc(-c2ccnc(-c3ccc(Cl)c(C(=O)N4CCCC4)c3)c2)[nH]c1N1CCNCC1. The van der Waals surface area contributed by atoms with E-state index in [2.05, 4.69) is 20.2 Å². The maximum absolute atomic E-state index is 13.0. The molecule has 2 aliphatic rings. The van der Waals surface area contributed by atoms with Crippen LogP contribution in [0.5, 0.6) is 0 Å². The predicted molar refractivity (Wildman–Crippen MR) is 133 cm³/mol. The van der Waals surface area contributed by atoms with Crippen LogP contribution in [-0.4, -0.2) is 66.0 Å². The van der Waals surface area contributed by atoms with Crippen molar-refractivity contribution < 1.29 is 9.59 Å². The standard InChI is InChI=1S/C25H27ClN6O2/c26-20-4-3-16(13-18(20)25(34)32-9-1-2-10-32)21-14-17(5-6-29-21)22-15-19(23(27)33)24(30-22)31-11-7-28-8-12-31/h3-6,13-15,28,30H,1-2,7-12H2,(H2,27,33). The van der Waals surface area contributed by atoms with Gasteiger partial charge in [-0.05, 0) is 43.2 Å². The van der Waals surface area contributed by atoms with E-state index in [-0.39, 0.29) is 5.91 Å². The first-order valence-corrected chi connectivity index (χ1v) is 11.9. The van der Waals surface area contributed by atoms with Gasteiger partial charge >= 0.3 is 0 Å². The molecular weight excluding hydrogens is 452 g/mol. The molecule has 8 nitrogen and oxygen atoms in total. The summed E-state index contributed by atoms with van der Waals surface area (Å²) in [5.74, 6) is 0.233. The van der Waals surface area contributed by atoms with Crippen LogP contribution < -0.4 is 16.0 Å². The highest BCUT2D eigenvalue weighted by atomic mass is 35.5. The minimum Gasteiger partial charge on any atom is -0.365 e. The van der Waals surface area contributed by atoms with Gasteiger partial charge in [0, 0.05) is 62.3 Å². The second kappa shape index (κ2) is 9.48. The van der Waals surface area contributed by atoms with Crippen molar-refractivity contribution in [3.05, 3.63) is 58.7 Å². The summed E-state index contributed by atoms with van der Waals surface area (Å²) in [5, 5.41) is 3.75. The fourth-order valence-electron chi connectivity index (χ4n) is 4.62. The molecule has 1 aromatic carbocycles. The highest BCUT2D eigenvalue weighted by Gasteiger charge is 2.23. The van der Waals surface area contributed by atoms with Gasteiger partial charge in [-0.3, -0.25) is 14.6 Å². The van der Waals surface area contributed by atoms with Crippen LogP contribution in [-0.2, 0) is 0 Å². The molecule has 34 heavy (non-hydrogen) atoms. The van der Waals surface area contributed by atoms with Crippen molar-refractivity contribution in [2.45, 2.75) is 12.8 Å². The summed E-state index contributed by atoms with van der Waals surface area (Å²) in [4.78, 5) is 37.0. The maximum atomic E-state index is 13.0. The molecule has 9 heteroatoms. The summed E-state index contributed by atoms with van der Waals surface area (Å²) in [6, 6.07) is 11.0. The van der Waals surface area contributed by atoms with Gasteiger partial charge in [0.25, 0.3) is 11.8 Å². The molecular formula is C25H27ClN6O2. The lowest BCUT2D eigenvalue weighted by molar-refractivity contribution is 0.0792. The number of hydrogen-bond acceptors (Lipinski definition) is 5. The van der Waals surface area contributed by atoms with Gasteiger partial charge < -0.3 is 25.8 Å². The van der Waals surface area contributed by atoms with Crippen molar-refractivity contribution in [1.82, 2.24) is 20.2 Å². The third-order valence-electron chi connectivity index (χ3n) is 6.45. The highest BCUT2D eigenvalue weighted by Crippen LogP contribution is 2.31. The van der Waals surface area contributed by atoms with Crippen molar-refractivity contribution in [3.8, 4) is 22.5 Å². The van der Waals surface area contributed by atoms with Crippen LogP contribution >= 0.6 is 11.6 Å². The molecule has 0 aliphatic carbocycles. The van der Waals surface area contributed by atoms with Crippen LogP contribution in [0.4, 0.5) is 5.82 Å². The number of primary amides is 1. The number of benzene rings is 1. The number of halogens is 1. The van der Waals surface area contributed by atoms with Gasteiger partial charge in [-0.15, -0.1) is 0 Å². The monoisotopic (exact) mass is 478 g/mol. The molecule has 2 aromatic heterocycles. The van der Waals surface area contributed by atoms with Crippen LogP contribution in [0.25, 0.3) is 22.5 Å². The zero-order valence-corrected chi connectivity index (χ0v) is 19.6. The van der Waals surface area contributed by atoms with Crippen molar-refractivity contribution in [2.24, 2.45) is 5.73 Å². The minimum absolute atomic E-state index is 0.0448. The Morgan fingerprint density at radius 1 is 0.941 bits per heavy atom. The predicted octanol–water partition coefficient (Wildman–Crippen LogP) is 3.14. The first kappa shape index (κ1) is 22.4. The number of carbonyl (C=O) groups excluding carboxylic acids is 2. The number of H-pyrrole nitrogens is 1. The van der Waals surface area contributed by atoms with Crippen LogP contribution in [0.2, 0.25) is 5.02 Å². The Bertz CT molecular complexity index is 1230. The molecule has 0 saturated carbocycles. The summed E-state index contributed by atoms with van der Waals surface area (Å²) >= 11 is 6.38. The van der Waals surface area contributed by atoms with Crippen LogP contribution in [0, 0.1) is 0 Å². The third kappa shape index (κ3) is 4.38. The zero-order valence-electron chi connectivity index (χ0n) is 18.8. The number of anilines is 1. The lowest BCUT2D eigenvalue weighted by Crippen LogP contribution is -2.44. The number of nitrogens with two attached hydrogens (primary N) is 1. The zero-order chi connectivity index (χ0) is 23.7. The number of carbonyl (C=O) groups is 2. The van der Waals surface area contributed by atoms with Gasteiger partial charge in [0.2, 0.25) is 0 Å². The number of nitrogens with zero attached hydrogens (tertiary/aromatic N) is 3. The number of rotatable bonds is 5. The van der Waals surface area contributed by atoms with E-state index in [1.807, 2.05) is 29.2 Å². The van der Waals surface area contributed by atoms with E-state index < -0.39 is 5.91 Å². The Hall–Kier alpha value is -3.36. The summed E-state index contributed by atoms with van der Waals surface area (Å²) in [5.41, 5.74) is 9.82. The third-order valence-corrected chi connectivity index (χ3v) is 6.78. The quantitative estimate of drug-likeness (QED) is 0.522. The second-order valence-electron chi connectivity index (χ2n) is 8.67. The molecule has 0 spiro atoms. The first-order chi connectivity index (χ1) is 16.5. The van der Waals surface area contributed by atoms with E-state index in [1.165, 1.54) is 0 Å². The molecule has 0 unspecified atom stereocenters. The van der Waals surface area contributed by atoms with Crippen LogP contribution in [0.3, 0.4) is 0 Å². The average Bonchev–Trinajstić information content (AvgIpc) is 3.55. The van der Waals surface area contributed by atoms with E-state index in [0.717, 1.165) is 74.7 Å². The van der Waals surface area contributed by atoms with Crippen LogP contribution in [0.15, 0.2) is 42.6 Å². The molecule has 2 aliphatic heterocycles. The molecule has 2 fully saturated rings. The minimum atomic E-state index is -0.465. The summed E-state index contributed by atoms with van der Waals surface area (Å²) < 4.78 is 0. The van der Waals surface area contributed by atoms with Gasteiger partial charge in [0.15, 0.2) is 0 Å². The number of pyridine rings is 1. The van der Waals surface area contributed by atoms with E-state index in [0.29, 0.717) is 21.8 Å². The van der Waals surface area contributed by atoms with Gasteiger partial charge in [-0.25, -0.2) is 0 Å². The summed E-state index contributed by atoms with van der Waals surface area (Å²) in [7, 11) is 0. The lowest BCUT2D eigenvalue weighted by Gasteiger charge is -2.28. The smallest absolute Gasteiger partial charge is 0.255 e. The van der Waals surface area contributed by atoms with E-state index in [9.17, 15) is 9.59 Å². The summed E-state index contributed by atoms with van der Waals surface area (Å²) in [6.07, 6.45) is 3.76. The first-order valence-electron chi connectivity index (χ1n) is 11.6. The molecule has 2 saturated heterocycles.